The van der Waals surface area contributed by atoms with Crippen LogP contribution in [0.3, 0.4) is 0 Å². The van der Waals surface area contributed by atoms with E-state index < -0.39 is 0 Å². The fourth-order valence-corrected chi connectivity index (χ4v) is 2.85. The van der Waals surface area contributed by atoms with Crippen molar-refractivity contribution in [2.24, 2.45) is 5.10 Å². The van der Waals surface area contributed by atoms with Gasteiger partial charge in [0, 0.05) is 5.56 Å². The molecule has 0 radical (unpaired) electrons. The minimum atomic E-state index is -0.314. The summed E-state index contributed by atoms with van der Waals surface area (Å²) in [5.41, 5.74) is 4.77. The zero-order chi connectivity index (χ0) is 20.8. The van der Waals surface area contributed by atoms with E-state index in [4.69, 9.17) is 18.9 Å². The third kappa shape index (κ3) is 4.70. The molecule has 0 spiro atoms. The topological polar surface area (TPSA) is 78.4 Å². The second-order valence-electron chi connectivity index (χ2n) is 6.48. The molecule has 1 aliphatic heterocycles. The Bertz CT molecular complexity index is 1060. The molecule has 1 amide bonds. The van der Waals surface area contributed by atoms with Gasteiger partial charge >= 0.3 is 0 Å². The van der Waals surface area contributed by atoms with Crippen LogP contribution in [0.25, 0.3) is 0 Å². The lowest BCUT2D eigenvalue weighted by Gasteiger charge is -2.08. The zero-order valence-corrected chi connectivity index (χ0v) is 16.3. The van der Waals surface area contributed by atoms with E-state index in [-0.39, 0.29) is 12.7 Å². The molecule has 7 heteroatoms. The molecule has 1 N–H and O–H groups in total. The molecule has 0 saturated carbocycles. The van der Waals surface area contributed by atoms with Crippen molar-refractivity contribution < 1.29 is 23.7 Å². The molecule has 1 aliphatic rings. The maximum absolute atomic E-state index is 12.3. The lowest BCUT2D eigenvalue weighted by atomic mass is 10.2. The highest BCUT2D eigenvalue weighted by atomic mass is 16.7. The van der Waals surface area contributed by atoms with Crippen LogP contribution in [0.2, 0.25) is 0 Å². The molecule has 3 aromatic carbocycles. The van der Waals surface area contributed by atoms with Gasteiger partial charge in [-0.1, -0.05) is 12.1 Å². The summed E-state index contributed by atoms with van der Waals surface area (Å²) in [7, 11) is 1.63. The first-order valence-corrected chi connectivity index (χ1v) is 9.30. The third-order valence-corrected chi connectivity index (χ3v) is 4.43. The van der Waals surface area contributed by atoms with E-state index in [1.54, 1.807) is 49.7 Å². The van der Waals surface area contributed by atoms with Crippen LogP contribution >= 0.6 is 0 Å². The van der Waals surface area contributed by atoms with E-state index in [9.17, 15) is 4.79 Å². The number of amides is 1. The number of nitrogens with zero attached hydrogens (tertiary/aromatic N) is 1. The predicted octanol–water partition coefficient (Wildman–Crippen LogP) is 3.77. The summed E-state index contributed by atoms with van der Waals surface area (Å²) in [5, 5.41) is 3.99. The normalized spacial score (nSPS) is 12.0. The van der Waals surface area contributed by atoms with Crippen molar-refractivity contribution in [3.05, 3.63) is 83.4 Å². The summed E-state index contributed by atoms with van der Waals surface area (Å²) in [6.45, 7) is 0.620. The van der Waals surface area contributed by atoms with Gasteiger partial charge in [0.1, 0.15) is 18.1 Å². The largest absolute Gasteiger partial charge is 0.497 e. The Morgan fingerprint density at radius 3 is 2.70 bits per heavy atom. The van der Waals surface area contributed by atoms with Gasteiger partial charge in [-0.15, -0.1) is 0 Å². The molecule has 1 heterocycles. The molecule has 3 aromatic rings. The molecule has 0 saturated heterocycles. The van der Waals surface area contributed by atoms with E-state index in [1.165, 1.54) is 0 Å². The second-order valence-corrected chi connectivity index (χ2v) is 6.48. The van der Waals surface area contributed by atoms with Crippen molar-refractivity contribution >= 4 is 12.1 Å². The third-order valence-electron chi connectivity index (χ3n) is 4.43. The van der Waals surface area contributed by atoms with Crippen molar-refractivity contribution in [2.45, 2.75) is 6.61 Å². The van der Waals surface area contributed by atoms with E-state index in [0.717, 1.165) is 16.9 Å². The highest BCUT2D eigenvalue weighted by Crippen LogP contribution is 2.31. The average Bonchev–Trinajstić information content (AvgIpc) is 3.26. The maximum atomic E-state index is 12.3. The summed E-state index contributed by atoms with van der Waals surface area (Å²) < 4.78 is 21.5. The van der Waals surface area contributed by atoms with Gasteiger partial charge in [-0.05, 0) is 65.7 Å². The molecule has 0 unspecified atom stereocenters. The van der Waals surface area contributed by atoms with Crippen LogP contribution in [0.5, 0.6) is 23.0 Å². The van der Waals surface area contributed by atoms with Gasteiger partial charge in [0.25, 0.3) is 5.91 Å². The molecule has 7 nitrogen and oxygen atoms in total. The minimum Gasteiger partial charge on any atom is -0.497 e. The number of methoxy groups -OCH3 is 1. The Balaban J connectivity index is 1.30. The lowest BCUT2D eigenvalue weighted by molar-refractivity contribution is 0.0955. The molecule has 4 rings (SSSR count). The fourth-order valence-electron chi connectivity index (χ4n) is 2.85. The average molecular weight is 404 g/mol. The number of fused-ring (bicyclic) bond motifs is 1. The first kappa shape index (κ1) is 19.3. The highest BCUT2D eigenvalue weighted by Gasteiger charge is 2.12. The van der Waals surface area contributed by atoms with Crippen LogP contribution in [0.1, 0.15) is 21.5 Å². The van der Waals surface area contributed by atoms with E-state index in [2.05, 4.69) is 10.5 Å². The number of nitrogens with one attached hydrogen (secondary N) is 1. The summed E-state index contributed by atoms with van der Waals surface area (Å²) in [5.74, 6) is 2.49. The van der Waals surface area contributed by atoms with Crippen LogP contribution in [0, 0.1) is 0 Å². The van der Waals surface area contributed by atoms with Gasteiger partial charge in [0.2, 0.25) is 6.79 Å². The number of ether oxygens (including phenoxy) is 4. The maximum Gasteiger partial charge on any atom is 0.271 e. The quantitative estimate of drug-likeness (QED) is 0.479. The summed E-state index contributed by atoms with van der Waals surface area (Å²) in [6.07, 6.45) is 1.55. The molecular formula is C23H20N2O5. The Kier molecular flexibility index (Phi) is 5.80. The van der Waals surface area contributed by atoms with Crippen LogP contribution in [0.4, 0.5) is 0 Å². The Labute approximate surface area is 173 Å². The van der Waals surface area contributed by atoms with E-state index in [1.807, 2.05) is 30.3 Å². The molecule has 0 aromatic heterocycles. The Hall–Kier alpha value is -4.00. The Morgan fingerprint density at radius 2 is 1.87 bits per heavy atom. The number of rotatable bonds is 7. The molecular weight excluding hydrogens is 384 g/mol. The number of hydrogen-bond donors (Lipinski definition) is 1. The first-order chi connectivity index (χ1) is 14.7. The molecule has 0 fully saturated rings. The van der Waals surface area contributed by atoms with E-state index >= 15 is 0 Å². The molecule has 0 bridgehead atoms. The Morgan fingerprint density at radius 1 is 1.03 bits per heavy atom. The van der Waals surface area contributed by atoms with Crippen LogP contribution in [-0.4, -0.2) is 26.0 Å². The second kappa shape index (κ2) is 9.00. The zero-order valence-electron chi connectivity index (χ0n) is 16.3. The number of hydrazone groups is 1. The van der Waals surface area contributed by atoms with Crippen molar-refractivity contribution in [2.75, 3.05) is 13.9 Å². The number of benzene rings is 3. The van der Waals surface area contributed by atoms with Gasteiger partial charge in [-0.3, -0.25) is 4.79 Å². The van der Waals surface area contributed by atoms with Gasteiger partial charge < -0.3 is 18.9 Å². The predicted molar refractivity (Wildman–Crippen MR) is 111 cm³/mol. The van der Waals surface area contributed by atoms with Gasteiger partial charge in [0.15, 0.2) is 11.5 Å². The van der Waals surface area contributed by atoms with Crippen LogP contribution in [-0.2, 0) is 6.61 Å². The molecule has 30 heavy (non-hydrogen) atoms. The number of carbonyl (C=O) groups is 1. The monoisotopic (exact) mass is 404 g/mol. The first-order valence-electron chi connectivity index (χ1n) is 9.30. The van der Waals surface area contributed by atoms with Crippen molar-refractivity contribution in [1.29, 1.82) is 0 Å². The highest BCUT2D eigenvalue weighted by molar-refractivity contribution is 5.95. The van der Waals surface area contributed by atoms with Gasteiger partial charge in [-0.2, -0.15) is 5.10 Å². The van der Waals surface area contributed by atoms with Crippen molar-refractivity contribution in [3.8, 4) is 23.0 Å². The smallest absolute Gasteiger partial charge is 0.271 e. The van der Waals surface area contributed by atoms with Crippen molar-refractivity contribution in [3.63, 3.8) is 0 Å². The summed E-state index contributed by atoms with van der Waals surface area (Å²) in [6, 6.07) is 20.0. The fraction of sp³-hybridized carbons (Fsp3) is 0.130. The molecule has 0 atom stereocenters. The SMILES string of the molecule is COc1cccc(COc2ccc(C(=O)N/N=C/c3ccc4c(c3)OCO4)cc2)c1. The number of carbonyl (C=O) groups excluding carboxylic acids is 1. The van der Waals surface area contributed by atoms with Gasteiger partial charge in [-0.25, -0.2) is 5.43 Å². The van der Waals surface area contributed by atoms with Crippen LogP contribution in [0.15, 0.2) is 71.8 Å². The van der Waals surface area contributed by atoms with E-state index in [0.29, 0.717) is 29.4 Å². The van der Waals surface area contributed by atoms with Crippen LogP contribution < -0.4 is 24.4 Å². The standard InChI is InChI=1S/C23H20N2O5/c1-27-20-4-2-3-17(11-20)14-28-19-8-6-18(7-9-19)23(26)25-24-13-16-5-10-21-22(12-16)30-15-29-21/h2-13H,14-15H2,1H3,(H,25,26)/b24-13+. The number of hydrogen-bond acceptors (Lipinski definition) is 6. The van der Waals surface area contributed by atoms with Gasteiger partial charge in [0.05, 0.1) is 13.3 Å². The summed E-state index contributed by atoms with van der Waals surface area (Å²) >= 11 is 0. The van der Waals surface area contributed by atoms with Crippen molar-refractivity contribution in [1.82, 2.24) is 5.43 Å². The molecule has 152 valence electrons. The minimum absolute atomic E-state index is 0.214. The lowest BCUT2D eigenvalue weighted by Crippen LogP contribution is -2.17. The molecule has 0 aliphatic carbocycles. The summed E-state index contributed by atoms with van der Waals surface area (Å²) in [4.78, 5) is 12.3.